The Morgan fingerprint density at radius 3 is 2.88 bits per heavy atom. The first-order valence-corrected chi connectivity index (χ1v) is 8.08. The summed E-state index contributed by atoms with van der Waals surface area (Å²) in [6, 6.07) is 6.29. The van der Waals surface area contributed by atoms with Crippen molar-refractivity contribution in [3.05, 3.63) is 47.3 Å². The predicted molar refractivity (Wildman–Crippen MR) is 92.3 cm³/mol. The summed E-state index contributed by atoms with van der Waals surface area (Å²) in [4.78, 5) is 13.6. The summed E-state index contributed by atoms with van der Waals surface area (Å²) >= 11 is 0. The van der Waals surface area contributed by atoms with Gasteiger partial charge in [0, 0.05) is 24.5 Å². The summed E-state index contributed by atoms with van der Waals surface area (Å²) in [6.45, 7) is 3.84. The average Bonchev–Trinajstić information content (AvgIpc) is 3.01. The zero-order chi connectivity index (χ0) is 16.3. The number of pyridine rings is 1. The molecule has 0 fully saturated rings. The second-order valence-corrected chi connectivity index (χ2v) is 6.19. The largest absolute Gasteiger partial charge is 0.497 e. The SMILES string of the molecule is COc1ccc2c(c1)CCN1c3nc4nccnc4c(C)c3CN21. The summed E-state index contributed by atoms with van der Waals surface area (Å²) in [7, 11) is 1.71. The minimum atomic E-state index is 0.719. The van der Waals surface area contributed by atoms with E-state index in [1.165, 1.54) is 22.4 Å². The first-order chi connectivity index (χ1) is 11.8. The van der Waals surface area contributed by atoms with Crippen LogP contribution in [0.4, 0.5) is 11.5 Å². The summed E-state index contributed by atoms with van der Waals surface area (Å²) in [6.07, 6.45) is 4.40. The Labute approximate surface area is 139 Å². The number of hydrogen-bond donors (Lipinski definition) is 0. The second-order valence-electron chi connectivity index (χ2n) is 6.19. The van der Waals surface area contributed by atoms with Crippen LogP contribution in [0.15, 0.2) is 30.6 Å². The number of hydrazine groups is 1. The molecular weight excluding hydrogens is 302 g/mol. The fourth-order valence-electron chi connectivity index (χ4n) is 3.72. The molecule has 2 aromatic heterocycles. The van der Waals surface area contributed by atoms with Crippen molar-refractivity contribution in [3.63, 3.8) is 0 Å². The molecule has 0 N–H and O–H groups in total. The number of ether oxygens (including phenoxy) is 1. The number of aromatic nitrogens is 3. The molecule has 3 aromatic rings. The molecule has 0 bridgehead atoms. The van der Waals surface area contributed by atoms with Crippen molar-refractivity contribution >= 4 is 22.7 Å². The molecule has 0 radical (unpaired) electrons. The van der Waals surface area contributed by atoms with Gasteiger partial charge in [0.15, 0.2) is 11.5 Å². The molecular formula is C18H17N5O. The van der Waals surface area contributed by atoms with Gasteiger partial charge in [-0.3, -0.25) is 15.0 Å². The van der Waals surface area contributed by atoms with Crippen molar-refractivity contribution in [2.45, 2.75) is 19.9 Å². The number of methoxy groups -OCH3 is 1. The maximum absolute atomic E-state index is 5.36. The van der Waals surface area contributed by atoms with Crippen LogP contribution in [0, 0.1) is 6.92 Å². The lowest BCUT2D eigenvalue weighted by atomic mass is 10.1. The summed E-state index contributed by atoms with van der Waals surface area (Å²) in [5, 5.41) is 4.58. The van der Waals surface area contributed by atoms with Crippen molar-refractivity contribution in [2.24, 2.45) is 0 Å². The van der Waals surface area contributed by atoms with Crippen molar-refractivity contribution in [3.8, 4) is 5.75 Å². The van der Waals surface area contributed by atoms with E-state index >= 15 is 0 Å². The standard InChI is InChI=1S/C18H17N5O/c1-11-14-10-23-15-4-3-13(24-2)9-12(15)5-8-22(23)18(14)21-17-16(11)19-6-7-20-17/h3-4,6-7,9H,5,8,10H2,1-2H3. The maximum Gasteiger partial charge on any atom is 0.180 e. The third-order valence-corrected chi connectivity index (χ3v) is 4.97. The van der Waals surface area contributed by atoms with Crippen LogP contribution in [0.25, 0.3) is 11.2 Å². The quantitative estimate of drug-likeness (QED) is 0.687. The molecule has 0 saturated heterocycles. The van der Waals surface area contributed by atoms with Crippen LogP contribution >= 0.6 is 0 Å². The van der Waals surface area contributed by atoms with Crippen LogP contribution in [-0.4, -0.2) is 28.6 Å². The summed E-state index contributed by atoms with van der Waals surface area (Å²) in [5.41, 5.74) is 6.57. The Morgan fingerprint density at radius 1 is 1.12 bits per heavy atom. The average molecular weight is 319 g/mol. The Morgan fingerprint density at radius 2 is 2.00 bits per heavy atom. The van der Waals surface area contributed by atoms with E-state index in [2.05, 4.69) is 39.0 Å². The minimum Gasteiger partial charge on any atom is -0.497 e. The number of anilines is 2. The van der Waals surface area contributed by atoms with Gasteiger partial charge in [0.1, 0.15) is 11.3 Å². The van der Waals surface area contributed by atoms with Crippen LogP contribution in [0.2, 0.25) is 0 Å². The molecule has 5 rings (SSSR count). The Bertz CT molecular complexity index is 971. The van der Waals surface area contributed by atoms with Gasteiger partial charge in [0.25, 0.3) is 0 Å². The molecule has 4 heterocycles. The molecule has 0 unspecified atom stereocenters. The van der Waals surface area contributed by atoms with E-state index in [-0.39, 0.29) is 0 Å². The van der Waals surface area contributed by atoms with E-state index in [0.717, 1.165) is 42.2 Å². The zero-order valence-electron chi connectivity index (χ0n) is 13.7. The minimum absolute atomic E-state index is 0.719. The number of fused-ring (bicyclic) bond motifs is 6. The lowest BCUT2D eigenvalue weighted by molar-refractivity contribution is 0.414. The molecule has 0 atom stereocenters. The smallest absolute Gasteiger partial charge is 0.180 e. The van der Waals surface area contributed by atoms with Crippen LogP contribution in [0.1, 0.15) is 16.7 Å². The molecule has 2 aliphatic rings. The van der Waals surface area contributed by atoms with E-state index < -0.39 is 0 Å². The van der Waals surface area contributed by atoms with E-state index in [9.17, 15) is 0 Å². The monoisotopic (exact) mass is 319 g/mol. The van der Waals surface area contributed by atoms with Crippen LogP contribution in [0.5, 0.6) is 5.75 Å². The van der Waals surface area contributed by atoms with E-state index in [0.29, 0.717) is 0 Å². The number of rotatable bonds is 1. The molecule has 0 spiro atoms. The van der Waals surface area contributed by atoms with Crippen molar-refractivity contribution in [2.75, 3.05) is 23.7 Å². The van der Waals surface area contributed by atoms with Gasteiger partial charge < -0.3 is 4.74 Å². The first-order valence-electron chi connectivity index (χ1n) is 8.08. The molecule has 6 heteroatoms. The highest BCUT2D eigenvalue weighted by molar-refractivity contribution is 5.82. The first kappa shape index (κ1) is 13.5. The maximum atomic E-state index is 5.36. The highest BCUT2D eigenvalue weighted by atomic mass is 16.5. The molecule has 0 amide bonds. The van der Waals surface area contributed by atoms with Crippen molar-refractivity contribution in [1.29, 1.82) is 0 Å². The lowest BCUT2D eigenvalue weighted by Gasteiger charge is -2.37. The fourth-order valence-corrected chi connectivity index (χ4v) is 3.72. The van der Waals surface area contributed by atoms with Gasteiger partial charge in [0.2, 0.25) is 0 Å². The molecule has 120 valence electrons. The molecule has 1 aromatic carbocycles. The Kier molecular flexibility index (Phi) is 2.71. The van der Waals surface area contributed by atoms with Crippen molar-refractivity contribution < 1.29 is 4.74 Å². The number of aryl methyl sites for hydroxylation is 1. The number of hydrogen-bond acceptors (Lipinski definition) is 6. The summed E-state index contributed by atoms with van der Waals surface area (Å²) in [5.74, 6) is 1.93. The second kappa shape index (κ2) is 4.80. The summed E-state index contributed by atoms with van der Waals surface area (Å²) < 4.78 is 5.36. The van der Waals surface area contributed by atoms with Gasteiger partial charge >= 0.3 is 0 Å². The number of benzene rings is 1. The molecule has 0 aliphatic carbocycles. The Hall–Kier alpha value is -2.89. The van der Waals surface area contributed by atoms with Crippen molar-refractivity contribution in [1.82, 2.24) is 15.0 Å². The third-order valence-electron chi connectivity index (χ3n) is 4.97. The predicted octanol–water partition coefficient (Wildman–Crippen LogP) is 2.64. The van der Waals surface area contributed by atoms with Gasteiger partial charge in [-0.25, -0.2) is 9.97 Å². The molecule has 0 saturated carbocycles. The van der Waals surface area contributed by atoms with E-state index in [1.807, 2.05) is 6.07 Å². The molecule has 6 nitrogen and oxygen atoms in total. The van der Waals surface area contributed by atoms with Gasteiger partial charge in [-0.05, 0) is 42.7 Å². The Balaban J connectivity index is 1.66. The topological polar surface area (TPSA) is 54.4 Å². The highest BCUT2D eigenvalue weighted by Crippen LogP contribution is 2.41. The van der Waals surface area contributed by atoms with Gasteiger partial charge in [-0.1, -0.05) is 0 Å². The molecule has 2 aliphatic heterocycles. The van der Waals surface area contributed by atoms with Gasteiger partial charge in [-0.15, -0.1) is 0 Å². The number of nitrogens with zero attached hydrogens (tertiary/aromatic N) is 5. The third kappa shape index (κ3) is 1.73. The highest BCUT2D eigenvalue weighted by Gasteiger charge is 2.35. The zero-order valence-corrected chi connectivity index (χ0v) is 13.7. The van der Waals surface area contributed by atoms with E-state index in [1.54, 1.807) is 19.5 Å². The normalized spacial score (nSPS) is 15.2. The van der Waals surface area contributed by atoms with Gasteiger partial charge in [-0.2, -0.15) is 0 Å². The fraction of sp³-hybridized carbons (Fsp3) is 0.278. The lowest BCUT2D eigenvalue weighted by Crippen LogP contribution is -2.43. The van der Waals surface area contributed by atoms with Crippen LogP contribution < -0.4 is 14.8 Å². The molecule has 24 heavy (non-hydrogen) atoms. The van der Waals surface area contributed by atoms with E-state index in [4.69, 9.17) is 9.72 Å². The van der Waals surface area contributed by atoms with Gasteiger partial charge in [0.05, 0.1) is 19.3 Å². The van der Waals surface area contributed by atoms with Crippen LogP contribution in [0.3, 0.4) is 0 Å². The van der Waals surface area contributed by atoms with Crippen LogP contribution in [-0.2, 0) is 13.0 Å².